The van der Waals surface area contributed by atoms with Gasteiger partial charge >= 0.3 is 0 Å². The highest BCUT2D eigenvalue weighted by atomic mass is 16.2. The van der Waals surface area contributed by atoms with Gasteiger partial charge in [-0.25, -0.2) is 0 Å². The minimum absolute atomic E-state index is 0.291. The van der Waals surface area contributed by atoms with Gasteiger partial charge in [0.05, 0.1) is 0 Å². The molecular weight excluding hydrogens is 326 g/mol. The van der Waals surface area contributed by atoms with Crippen molar-refractivity contribution in [2.24, 2.45) is 4.99 Å². The average molecular weight is 360 g/mol. The van der Waals surface area contributed by atoms with Crippen LogP contribution in [-0.2, 0) is 11.2 Å². The summed E-state index contributed by atoms with van der Waals surface area (Å²) in [6, 6.07) is 8.64. The SMILES string of the molecule is CCNC(=NCCCN1CCCC1=O)NCCc1ccc(N(C)C)cc1. The Kier molecular flexibility index (Phi) is 8.25. The van der Waals surface area contributed by atoms with Gasteiger partial charge in [-0.05, 0) is 43.9 Å². The van der Waals surface area contributed by atoms with Crippen LogP contribution in [0.1, 0.15) is 31.7 Å². The van der Waals surface area contributed by atoms with Crippen molar-refractivity contribution in [2.45, 2.75) is 32.6 Å². The van der Waals surface area contributed by atoms with E-state index in [1.807, 2.05) is 4.90 Å². The van der Waals surface area contributed by atoms with Crippen molar-refractivity contribution in [3.8, 4) is 0 Å². The zero-order valence-corrected chi connectivity index (χ0v) is 16.4. The predicted octanol–water partition coefficient (Wildman–Crippen LogP) is 1.86. The Morgan fingerprint density at radius 3 is 2.62 bits per heavy atom. The molecule has 2 rings (SSSR count). The van der Waals surface area contributed by atoms with Crippen LogP contribution in [0.25, 0.3) is 0 Å². The first-order valence-electron chi connectivity index (χ1n) is 9.66. The number of hydrogen-bond donors (Lipinski definition) is 2. The number of likely N-dealkylation sites (tertiary alicyclic amines) is 1. The summed E-state index contributed by atoms with van der Waals surface area (Å²) in [5, 5.41) is 6.67. The maximum absolute atomic E-state index is 11.6. The molecule has 0 aromatic heterocycles. The van der Waals surface area contributed by atoms with Crippen LogP contribution >= 0.6 is 0 Å². The van der Waals surface area contributed by atoms with Crippen molar-refractivity contribution in [3.63, 3.8) is 0 Å². The normalized spacial score (nSPS) is 14.7. The maximum atomic E-state index is 11.6. The van der Waals surface area contributed by atoms with Gasteiger partial charge < -0.3 is 20.4 Å². The molecule has 0 spiro atoms. The largest absolute Gasteiger partial charge is 0.378 e. The van der Waals surface area contributed by atoms with Crippen LogP contribution in [0.2, 0.25) is 0 Å². The van der Waals surface area contributed by atoms with E-state index in [9.17, 15) is 4.79 Å². The molecule has 1 saturated heterocycles. The number of amides is 1. The summed E-state index contributed by atoms with van der Waals surface area (Å²) in [5.41, 5.74) is 2.53. The number of anilines is 1. The highest BCUT2D eigenvalue weighted by Gasteiger charge is 2.18. The van der Waals surface area contributed by atoms with Crippen molar-refractivity contribution >= 4 is 17.6 Å². The van der Waals surface area contributed by atoms with E-state index in [0.717, 1.165) is 57.9 Å². The zero-order valence-electron chi connectivity index (χ0n) is 16.4. The number of rotatable bonds is 9. The number of nitrogens with one attached hydrogen (secondary N) is 2. The maximum Gasteiger partial charge on any atom is 0.222 e. The molecule has 0 radical (unpaired) electrons. The lowest BCUT2D eigenvalue weighted by atomic mass is 10.1. The molecule has 0 saturated carbocycles. The fraction of sp³-hybridized carbons (Fsp3) is 0.600. The van der Waals surface area contributed by atoms with Crippen LogP contribution in [0, 0.1) is 0 Å². The summed E-state index contributed by atoms with van der Waals surface area (Å²) >= 11 is 0. The minimum atomic E-state index is 0.291. The van der Waals surface area contributed by atoms with Gasteiger partial charge in [-0.3, -0.25) is 9.79 Å². The number of carbonyl (C=O) groups excluding carboxylic acids is 1. The fourth-order valence-electron chi connectivity index (χ4n) is 3.02. The Hall–Kier alpha value is -2.24. The summed E-state index contributed by atoms with van der Waals surface area (Å²) in [7, 11) is 4.10. The zero-order chi connectivity index (χ0) is 18.8. The third-order valence-corrected chi connectivity index (χ3v) is 4.53. The molecule has 6 nitrogen and oxygen atoms in total. The van der Waals surface area contributed by atoms with Crippen molar-refractivity contribution in [1.29, 1.82) is 0 Å². The lowest BCUT2D eigenvalue weighted by Crippen LogP contribution is -2.38. The molecule has 0 aliphatic carbocycles. The van der Waals surface area contributed by atoms with Gasteiger partial charge in [-0.1, -0.05) is 12.1 Å². The Bertz CT molecular complexity index is 582. The van der Waals surface area contributed by atoms with Gasteiger partial charge in [-0.2, -0.15) is 0 Å². The second-order valence-electron chi connectivity index (χ2n) is 6.84. The lowest BCUT2D eigenvalue weighted by Gasteiger charge is -2.15. The Morgan fingerprint density at radius 1 is 1.23 bits per heavy atom. The number of carbonyl (C=O) groups is 1. The molecule has 1 fully saturated rings. The van der Waals surface area contributed by atoms with Gasteiger partial charge in [0.1, 0.15) is 0 Å². The number of benzene rings is 1. The third kappa shape index (κ3) is 6.58. The van der Waals surface area contributed by atoms with Crippen molar-refractivity contribution < 1.29 is 4.79 Å². The van der Waals surface area contributed by atoms with E-state index in [0.29, 0.717) is 12.3 Å². The van der Waals surface area contributed by atoms with Crippen LogP contribution < -0.4 is 15.5 Å². The van der Waals surface area contributed by atoms with Gasteiger partial charge in [0, 0.05) is 58.9 Å². The number of aliphatic imine (C=N–C) groups is 1. The molecule has 1 amide bonds. The molecule has 6 heteroatoms. The summed E-state index contributed by atoms with van der Waals surface area (Å²) in [6.45, 7) is 6.22. The summed E-state index contributed by atoms with van der Waals surface area (Å²) in [6.07, 6.45) is 3.58. The fourth-order valence-corrected chi connectivity index (χ4v) is 3.02. The Balaban J connectivity index is 1.71. The number of guanidine groups is 1. The molecule has 1 heterocycles. The standard InChI is InChI=1S/C20H33N5O/c1-4-21-20(22-13-6-16-25-15-5-7-19(25)26)23-14-12-17-8-10-18(11-9-17)24(2)3/h8-11H,4-7,12-16H2,1-3H3,(H2,21,22,23). The van der Waals surface area contributed by atoms with Gasteiger partial charge in [-0.15, -0.1) is 0 Å². The first-order valence-corrected chi connectivity index (χ1v) is 9.66. The second-order valence-corrected chi connectivity index (χ2v) is 6.84. The van der Waals surface area contributed by atoms with Crippen LogP contribution in [-0.4, -0.2) is 63.6 Å². The molecule has 1 aliphatic rings. The van der Waals surface area contributed by atoms with Crippen LogP contribution in [0.3, 0.4) is 0 Å². The second kappa shape index (κ2) is 10.7. The molecule has 26 heavy (non-hydrogen) atoms. The molecule has 2 N–H and O–H groups in total. The van der Waals surface area contributed by atoms with Gasteiger partial charge in [0.2, 0.25) is 5.91 Å². The summed E-state index contributed by atoms with van der Waals surface area (Å²) in [5.74, 6) is 1.14. The van der Waals surface area contributed by atoms with Crippen LogP contribution in [0.5, 0.6) is 0 Å². The quantitative estimate of drug-likeness (QED) is 0.401. The summed E-state index contributed by atoms with van der Waals surface area (Å²) < 4.78 is 0. The molecule has 144 valence electrons. The van der Waals surface area contributed by atoms with Crippen molar-refractivity contribution in [3.05, 3.63) is 29.8 Å². The highest BCUT2D eigenvalue weighted by Crippen LogP contribution is 2.12. The molecule has 1 aromatic carbocycles. The Labute approximate surface area is 157 Å². The molecule has 0 atom stereocenters. The first-order chi connectivity index (χ1) is 12.6. The minimum Gasteiger partial charge on any atom is -0.378 e. The van der Waals surface area contributed by atoms with E-state index in [2.05, 4.69) is 65.8 Å². The van der Waals surface area contributed by atoms with E-state index < -0.39 is 0 Å². The van der Waals surface area contributed by atoms with Gasteiger partial charge in [0.25, 0.3) is 0 Å². The number of nitrogens with zero attached hydrogens (tertiary/aromatic N) is 3. The molecule has 0 bridgehead atoms. The molecule has 1 aromatic rings. The monoisotopic (exact) mass is 359 g/mol. The first kappa shape index (κ1) is 20.1. The number of hydrogen-bond acceptors (Lipinski definition) is 3. The molecule has 0 unspecified atom stereocenters. The van der Waals surface area contributed by atoms with Gasteiger partial charge in [0.15, 0.2) is 5.96 Å². The smallest absolute Gasteiger partial charge is 0.222 e. The van der Waals surface area contributed by atoms with E-state index in [1.54, 1.807) is 0 Å². The van der Waals surface area contributed by atoms with Crippen LogP contribution in [0.4, 0.5) is 5.69 Å². The topological polar surface area (TPSA) is 60.0 Å². The highest BCUT2D eigenvalue weighted by molar-refractivity contribution is 5.79. The Morgan fingerprint density at radius 2 is 2.00 bits per heavy atom. The average Bonchev–Trinajstić information content (AvgIpc) is 3.04. The third-order valence-electron chi connectivity index (χ3n) is 4.53. The lowest BCUT2D eigenvalue weighted by molar-refractivity contribution is -0.127. The van der Waals surface area contributed by atoms with E-state index in [1.165, 1.54) is 11.3 Å². The predicted molar refractivity (Wildman–Crippen MR) is 109 cm³/mol. The van der Waals surface area contributed by atoms with E-state index >= 15 is 0 Å². The van der Waals surface area contributed by atoms with E-state index in [4.69, 9.17) is 0 Å². The molecular formula is C20H33N5O. The van der Waals surface area contributed by atoms with Crippen LogP contribution in [0.15, 0.2) is 29.3 Å². The summed E-state index contributed by atoms with van der Waals surface area (Å²) in [4.78, 5) is 20.3. The van der Waals surface area contributed by atoms with E-state index in [-0.39, 0.29) is 0 Å². The molecule has 1 aliphatic heterocycles. The van der Waals surface area contributed by atoms with Crippen molar-refractivity contribution in [2.75, 3.05) is 51.7 Å². The van der Waals surface area contributed by atoms with Crippen molar-refractivity contribution in [1.82, 2.24) is 15.5 Å².